The Morgan fingerprint density at radius 2 is 2.05 bits per heavy atom. The van der Waals surface area contributed by atoms with Gasteiger partial charge in [0.25, 0.3) is 0 Å². The van der Waals surface area contributed by atoms with Crippen molar-refractivity contribution >= 4 is 11.6 Å². The Labute approximate surface area is 116 Å². The third-order valence-electron chi connectivity index (χ3n) is 3.60. The quantitative estimate of drug-likeness (QED) is 0.857. The molecule has 1 aliphatic rings. The topological polar surface area (TPSA) is 21.1 Å². The second-order valence-corrected chi connectivity index (χ2v) is 5.25. The van der Waals surface area contributed by atoms with Crippen LogP contribution in [0.25, 0.3) is 0 Å². The van der Waals surface area contributed by atoms with Gasteiger partial charge in [0.05, 0.1) is 17.8 Å². The zero-order chi connectivity index (χ0) is 13.2. The molecule has 5 heteroatoms. The summed E-state index contributed by atoms with van der Waals surface area (Å²) < 4.78 is 14.8. The molecule has 0 saturated carbocycles. The fourth-order valence-corrected chi connectivity index (χ4v) is 2.62. The van der Waals surface area contributed by atoms with E-state index in [1.54, 1.807) is 6.20 Å². The van der Waals surface area contributed by atoms with Gasteiger partial charge in [-0.2, -0.15) is 5.10 Å². The summed E-state index contributed by atoms with van der Waals surface area (Å²) in [5.41, 5.74) is 1.19. The second-order valence-electron chi connectivity index (χ2n) is 4.81. The molecule has 0 amide bonds. The van der Waals surface area contributed by atoms with Crippen molar-refractivity contribution in [3.8, 4) is 0 Å². The molecule has 1 aromatic carbocycles. The number of nitrogens with zero attached hydrogens (tertiary/aromatic N) is 3. The van der Waals surface area contributed by atoms with Gasteiger partial charge in [-0.05, 0) is 24.1 Å². The Morgan fingerprint density at radius 3 is 2.63 bits per heavy atom. The van der Waals surface area contributed by atoms with Crippen molar-refractivity contribution in [1.82, 2.24) is 14.7 Å². The number of hydrogen-bond acceptors (Lipinski definition) is 2. The number of likely N-dealkylation sites (tertiary alicyclic amines) is 1. The van der Waals surface area contributed by atoms with Gasteiger partial charge in [-0.3, -0.25) is 9.58 Å². The highest BCUT2D eigenvalue weighted by atomic mass is 35.5. The van der Waals surface area contributed by atoms with E-state index in [0.29, 0.717) is 11.1 Å². The summed E-state index contributed by atoms with van der Waals surface area (Å²) in [5, 5.41) is 4.83. The molecule has 2 aromatic rings. The molecule has 1 atom stereocenters. The first-order chi connectivity index (χ1) is 9.22. The summed E-state index contributed by atoms with van der Waals surface area (Å²) in [6, 6.07) is 7.21. The SMILES string of the molecule is Fc1ccc([C@H]2CCN2CCn2cc(Cl)cn2)cc1. The third kappa shape index (κ3) is 2.80. The van der Waals surface area contributed by atoms with Crippen LogP contribution in [0.1, 0.15) is 18.0 Å². The second kappa shape index (κ2) is 5.31. The maximum absolute atomic E-state index is 12.9. The van der Waals surface area contributed by atoms with Crippen LogP contribution in [0.15, 0.2) is 36.7 Å². The zero-order valence-electron chi connectivity index (χ0n) is 10.5. The first kappa shape index (κ1) is 12.6. The summed E-state index contributed by atoms with van der Waals surface area (Å²) in [5.74, 6) is -0.180. The van der Waals surface area contributed by atoms with Crippen LogP contribution in [0.3, 0.4) is 0 Å². The molecular weight excluding hydrogens is 265 g/mol. The van der Waals surface area contributed by atoms with Crippen LogP contribution < -0.4 is 0 Å². The van der Waals surface area contributed by atoms with Crippen LogP contribution >= 0.6 is 11.6 Å². The lowest BCUT2D eigenvalue weighted by molar-refractivity contribution is 0.0850. The number of aromatic nitrogens is 2. The summed E-state index contributed by atoms with van der Waals surface area (Å²) >= 11 is 5.83. The van der Waals surface area contributed by atoms with Crippen molar-refractivity contribution < 1.29 is 4.39 Å². The Hall–Kier alpha value is -1.39. The smallest absolute Gasteiger partial charge is 0.123 e. The number of halogens is 2. The molecule has 1 saturated heterocycles. The van der Waals surface area contributed by atoms with E-state index in [2.05, 4.69) is 10.00 Å². The molecule has 0 aliphatic carbocycles. The molecule has 0 N–H and O–H groups in total. The molecule has 1 aliphatic heterocycles. The van der Waals surface area contributed by atoms with E-state index in [1.165, 1.54) is 17.7 Å². The number of benzene rings is 1. The van der Waals surface area contributed by atoms with Crippen LogP contribution in [0.2, 0.25) is 5.02 Å². The highest BCUT2D eigenvalue weighted by Gasteiger charge is 2.28. The van der Waals surface area contributed by atoms with E-state index in [9.17, 15) is 4.39 Å². The lowest BCUT2D eigenvalue weighted by Crippen LogP contribution is -2.42. The molecule has 1 fully saturated rings. The van der Waals surface area contributed by atoms with Crippen molar-refractivity contribution in [2.45, 2.75) is 19.0 Å². The molecule has 1 aromatic heterocycles. The molecule has 0 spiro atoms. The Morgan fingerprint density at radius 1 is 1.26 bits per heavy atom. The predicted octanol–water partition coefficient (Wildman–Crippen LogP) is 3.12. The van der Waals surface area contributed by atoms with Gasteiger partial charge in [0, 0.05) is 25.3 Å². The molecule has 19 heavy (non-hydrogen) atoms. The normalized spacial score (nSPS) is 19.4. The fraction of sp³-hybridized carbons (Fsp3) is 0.357. The Kier molecular flexibility index (Phi) is 3.53. The van der Waals surface area contributed by atoms with E-state index in [0.717, 1.165) is 26.1 Å². The zero-order valence-corrected chi connectivity index (χ0v) is 11.2. The molecule has 2 heterocycles. The van der Waals surface area contributed by atoms with Gasteiger partial charge < -0.3 is 0 Å². The molecule has 3 rings (SSSR count). The van der Waals surface area contributed by atoms with Crippen molar-refractivity contribution in [2.24, 2.45) is 0 Å². The predicted molar refractivity (Wildman–Crippen MR) is 72.6 cm³/mol. The molecule has 0 unspecified atom stereocenters. The van der Waals surface area contributed by atoms with E-state index in [-0.39, 0.29) is 5.82 Å². The van der Waals surface area contributed by atoms with Crippen LogP contribution in [0, 0.1) is 5.82 Å². The molecule has 100 valence electrons. The van der Waals surface area contributed by atoms with E-state index < -0.39 is 0 Å². The van der Waals surface area contributed by atoms with Gasteiger partial charge in [0.2, 0.25) is 0 Å². The summed E-state index contributed by atoms with van der Waals surface area (Å²) in [7, 11) is 0. The maximum atomic E-state index is 12.9. The molecule has 3 nitrogen and oxygen atoms in total. The van der Waals surface area contributed by atoms with Crippen molar-refractivity contribution in [3.05, 3.63) is 53.1 Å². The lowest BCUT2D eigenvalue weighted by atomic mass is 9.95. The summed E-state index contributed by atoms with van der Waals surface area (Å²) in [6.07, 6.45) is 4.61. The number of hydrogen-bond donors (Lipinski definition) is 0. The minimum absolute atomic E-state index is 0.180. The number of rotatable bonds is 4. The van der Waals surface area contributed by atoms with Gasteiger partial charge in [0.1, 0.15) is 5.82 Å². The van der Waals surface area contributed by atoms with Gasteiger partial charge in [0.15, 0.2) is 0 Å². The van der Waals surface area contributed by atoms with Crippen LogP contribution in [0.5, 0.6) is 0 Å². The Balaban J connectivity index is 1.59. The van der Waals surface area contributed by atoms with E-state index in [4.69, 9.17) is 11.6 Å². The molecule has 0 radical (unpaired) electrons. The lowest BCUT2D eigenvalue weighted by Gasteiger charge is -2.41. The van der Waals surface area contributed by atoms with Gasteiger partial charge in [-0.1, -0.05) is 23.7 Å². The minimum atomic E-state index is -0.180. The van der Waals surface area contributed by atoms with Crippen LogP contribution in [-0.2, 0) is 6.54 Å². The largest absolute Gasteiger partial charge is 0.294 e. The standard InChI is InChI=1S/C14H15ClFN3/c15-12-9-17-19(10-12)8-7-18-6-5-14(18)11-1-3-13(16)4-2-11/h1-4,9-10,14H,5-8H2/t14-/m1/s1. The van der Waals surface area contributed by atoms with Crippen LogP contribution in [0.4, 0.5) is 4.39 Å². The molecular formula is C14H15ClFN3. The monoisotopic (exact) mass is 279 g/mol. The van der Waals surface area contributed by atoms with E-state index >= 15 is 0 Å². The third-order valence-corrected chi connectivity index (χ3v) is 3.80. The van der Waals surface area contributed by atoms with Gasteiger partial charge in [-0.25, -0.2) is 4.39 Å². The van der Waals surface area contributed by atoms with Gasteiger partial charge >= 0.3 is 0 Å². The maximum Gasteiger partial charge on any atom is 0.123 e. The minimum Gasteiger partial charge on any atom is -0.294 e. The van der Waals surface area contributed by atoms with Crippen molar-refractivity contribution in [3.63, 3.8) is 0 Å². The fourth-order valence-electron chi connectivity index (χ4n) is 2.46. The van der Waals surface area contributed by atoms with E-state index in [1.807, 2.05) is 23.0 Å². The van der Waals surface area contributed by atoms with Gasteiger partial charge in [-0.15, -0.1) is 0 Å². The Bertz CT molecular complexity index is 552. The highest BCUT2D eigenvalue weighted by molar-refractivity contribution is 6.30. The van der Waals surface area contributed by atoms with Crippen LogP contribution in [-0.4, -0.2) is 27.8 Å². The summed E-state index contributed by atoms with van der Waals surface area (Å²) in [6.45, 7) is 2.83. The first-order valence-electron chi connectivity index (χ1n) is 6.40. The average Bonchev–Trinajstić information content (AvgIpc) is 2.77. The van der Waals surface area contributed by atoms with Crippen molar-refractivity contribution in [1.29, 1.82) is 0 Å². The highest BCUT2D eigenvalue weighted by Crippen LogP contribution is 2.32. The molecule has 0 bridgehead atoms. The van der Waals surface area contributed by atoms with Crippen molar-refractivity contribution in [2.75, 3.05) is 13.1 Å². The first-order valence-corrected chi connectivity index (χ1v) is 6.77. The average molecular weight is 280 g/mol. The summed E-state index contributed by atoms with van der Waals surface area (Å²) in [4.78, 5) is 2.38.